The molecule has 6 aromatic heterocycles. The van der Waals surface area contributed by atoms with Gasteiger partial charge in [0.05, 0.1) is 0 Å². The Morgan fingerprint density at radius 1 is 0.125 bits per heavy atom. The molecule has 0 atom stereocenters. The molecule has 0 spiro atoms. The van der Waals surface area contributed by atoms with Crippen LogP contribution in [-0.2, 0) is 42.3 Å². The van der Waals surface area contributed by atoms with Crippen LogP contribution in [0.5, 0.6) is 0 Å². The Morgan fingerprint density at radius 3 is 0.773 bits per heavy atom. The van der Waals surface area contributed by atoms with Gasteiger partial charge in [0.2, 0.25) is 0 Å². The second kappa shape index (κ2) is 33.6. The van der Waals surface area contributed by atoms with Crippen LogP contribution in [0.15, 0.2) is 437 Å². The van der Waals surface area contributed by atoms with E-state index in [1.807, 2.05) is 24.3 Å². The summed E-state index contributed by atoms with van der Waals surface area (Å²) >= 11 is 0. The first-order valence-corrected chi connectivity index (χ1v) is 44.2. The first-order chi connectivity index (χ1) is 62.8. The molecule has 0 N–H and O–H groups in total. The van der Waals surface area contributed by atoms with Crippen LogP contribution in [0.4, 0.5) is 0 Å². The maximum absolute atomic E-state index is 2.36. The number of hydrogen-bond donors (Lipinski definition) is 0. The summed E-state index contributed by atoms with van der Waals surface area (Å²) in [5.41, 5.74) is 37.8. The predicted octanol–water partition coefficient (Wildman–Crippen LogP) is 32.3. The summed E-state index contributed by atoms with van der Waals surface area (Å²) < 4.78 is 13.8. The van der Waals surface area contributed by atoms with Crippen molar-refractivity contribution in [3.8, 4) is 89.0 Å². The summed E-state index contributed by atoms with van der Waals surface area (Å²) in [5.74, 6) is 0. The Bertz CT molecular complexity index is 8370. The Hall–Kier alpha value is -16.0. The van der Waals surface area contributed by atoms with E-state index < -0.39 is 0 Å². The van der Waals surface area contributed by atoms with Crippen molar-refractivity contribution in [1.29, 1.82) is 0 Å². The van der Waals surface area contributed by atoms with Gasteiger partial charge in [-0.2, -0.15) is 0 Å². The lowest BCUT2D eigenvalue weighted by Crippen LogP contribution is -1.90. The molecule has 0 aliphatic heterocycles. The summed E-state index contributed by atoms with van der Waals surface area (Å²) in [6, 6.07) is 158. The number of benzene rings is 19. The van der Waals surface area contributed by atoms with E-state index in [-0.39, 0.29) is 0 Å². The summed E-state index contributed by atoms with van der Waals surface area (Å²) in [6.07, 6.45) is 0. The van der Waals surface area contributed by atoms with Crippen molar-refractivity contribution < 1.29 is 0 Å². The highest BCUT2D eigenvalue weighted by Gasteiger charge is 2.21. The van der Waals surface area contributed by atoms with Gasteiger partial charge in [-0.25, -0.2) is 0 Å². The fourth-order valence-corrected chi connectivity index (χ4v) is 19.8. The quantitative estimate of drug-likeness (QED) is 0.145. The number of hydrogen-bond acceptors (Lipinski definition) is 0. The van der Waals surface area contributed by atoms with Gasteiger partial charge in [0.15, 0.2) is 0 Å². The SMILES string of the molecule is Cc1ccc(-c2ccccc2)cc1.Cc1ccccc1.Cn1c2ccccc2c2cc(-c3cccc(-c4ccc5c6ccccc6n(C)c5c4)c3)ccc21.Cn1c2ccccc2c2cc(-c3ccccc3-c3cccc4c3c3ccccc3n4C)ccc21.Cn1c2ccccc2c2cc(-c3ccccc3-c3ccccc3-c3ccc4c(c3)c3ccccc3n4C)ccc21. The second-order valence-corrected chi connectivity index (χ2v) is 33.9. The van der Waals surface area contributed by atoms with Gasteiger partial charge in [0, 0.05) is 173 Å². The molecule has 0 aliphatic carbocycles. The highest BCUT2D eigenvalue weighted by Crippen LogP contribution is 2.46. The Kier molecular flexibility index (Phi) is 20.8. The van der Waals surface area contributed by atoms with Gasteiger partial charge >= 0.3 is 0 Å². The van der Waals surface area contributed by atoms with Crippen molar-refractivity contribution in [2.45, 2.75) is 13.8 Å². The average Bonchev–Trinajstić information content (AvgIpc) is 1.34. The summed E-state index contributed by atoms with van der Waals surface area (Å²) in [7, 11) is 12.9. The maximum atomic E-state index is 2.36. The maximum Gasteiger partial charge on any atom is 0.0495 e. The lowest BCUT2D eigenvalue weighted by Gasteiger charge is -2.15. The van der Waals surface area contributed by atoms with Gasteiger partial charge in [-0.05, 0) is 206 Å². The molecule has 0 saturated heterocycles. The zero-order valence-electron chi connectivity index (χ0n) is 73.3. The van der Waals surface area contributed by atoms with Crippen LogP contribution in [0.1, 0.15) is 11.1 Å². The fourth-order valence-electron chi connectivity index (χ4n) is 19.8. The van der Waals surface area contributed by atoms with Crippen LogP contribution in [0, 0.1) is 13.8 Å². The molecule has 0 amide bonds. The topological polar surface area (TPSA) is 29.6 Å². The molecule has 0 saturated carbocycles. The lowest BCUT2D eigenvalue weighted by atomic mass is 9.89. The predicted molar refractivity (Wildman–Crippen MR) is 549 cm³/mol. The number of aryl methyl sites for hydroxylation is 8. The molecule has 25 rings (SSSR count). The number of aromatic nitrogens is 6. The number of rotatable bonds is 8. The Morgan fingerprint density at radius 2 is 0.359 bits per heavy atom. The molecule has 614 valence electrons. The minimum Gasteiger partial charge on any atom is -0.344 e. The molecule has 25 aromatic rings. The van der Waals surface area contributed by atoms with Crippen LogP contribution < -0.4 is 0 Å². The van der Waals surface area contributed by atoms with Gasteiger partial charge in [0.25, 0.3) is 0 Å². The van der Waals surface area contributed by atoms with Crippen LogP contribution in [-0.4, -0.2) is 27.4 Å². The third kappa shape index (κ3) is 14.3. The minimum atomic E-state index is 1.23. The van der Waals surface area contributed by atoms with E-state index in [2.05, 4.69) is 496 Å². The summed E-state index contributed by atoms with van der Waals surface area (Å²) in [4.78, 5) is 0. The van der Waals surface area contributed by atoms with Crippen LogP contribution in [0.25, 0.3) is 220 Å². The molecule has 6 heteroatoms. The third-order valence-corrected chi connectivity index (χ3v) is 26.4. The van der Waals surface area contributed by atoms with E-state index in [9.17, 15) is 0 Å². The molecule has 0 bridgehead atoms. The van der Waals surface area contributed by atoms with Gasteiger partial charge in [0.1, 0.15) is 0 Å². The summed E-state index contributed by atoms with van der Waals surface area (Å²) in [6.45, 7) is 4.19. The minimum absolute atomic E-state index is 1.23. The molecule has 0 aliphatic rings. The van der Waals surface area contributed by atoms with Crippen LogP contribution >= 0.6 is 0 Å². The highest BCUT2D eigenvalue weighted by molar-refractivity contribution is 6.18. The highest BCUT2D eigenvalue weighted by atomic mass is 15.0. The molecule has 19 aromatic carbocycles. The molecule has 0 fully saturated rings. The first-order valence-electron chi connectivity index (χ1n) is 44.2. The smallest absolute Gasteiger partial charge is 0.0495 e. The van der Waals surface area contributed by atoms with Gasteiger partial charge in [-0.3, -0.25) is 0 Å². The lowest BCUT2D eigenvalue weighted by molar-refractivity contribution is 1.01. The molecule has 6 heterocycles. The largest absolute Gasteiger partial charge is 0.344 e. The fraction of sp³-hybridized carbons (Fsp3) is 0.0656. The Balaban J connectivity index is 0.000000105. The van der Waals surface area contributed by atoms with E-state index in [0.717, 1.165) is 0 Å². The molecule has 0 unspecified atom stereocenters. The third-order valence-electron chi connectivity index (χ3n) is 26.4. The van der Waals surface area contributed by atoms with Crippen molar-refractivity contribution in [3.05, 3.63) is 448 Å². The number of para-hydroxylation sites is 6. The molecule has 0 radical (unpaired) electrons. The van der Waals surface area contributed by atoms with Crippen LogP contribution in [0.3, 0.4) is 0 Å². The van der Waals surface area contributed by atoms with E-state index in [1.165, 1.54) is 231 Å². The normalized spacial score (nSPS) is 11.4. The monoisotopic (exact) mass is 1640 g/mol. The second-order valence-electron chi connectivity index (χ2n) is 33.9. The van der Waals surface area contributed by atoms with Crippen molar-refractivity contribution >= 4 is 131 Å². The standard InChI is InChI=1S/C38H28N2.2C32H24N2.C13H12.C7H8/c1-39-35-17-9-7-15-31(35)33-23-25(19-21-37(33)39)27-11-3-5-13-29(27)30-14-6-4-12-28(30)26-20-22-38-34(24-26)32-16-8-10-18-36(32)40(38)2;1-33-30-13-6-4-11-26(30)28-19-23(15-17-31(28)33)21-8-7-9-22(18-21)24-14-16-27-25-10-3-5-12-29(25)34(2)32(27)20-24;1-33-28-15-7-5-12-24(28)27-20-21(18-19-30(27)33)22-10-3-4-11-23(22)25-14-9-17-31-32(25)26-13-6-8-16-29(26)34(31)2;1-11-7-9-13(10-8-11)12-5-3-2-4-6-12;1-7-5-3-2-4-6-7/h3-24H,1-2H3;2*3-20H,1-2H3;2-10H,1H3;2-6H,1H3. The van der Waals surface area contributed by atoms with E-state index in [1.54, 1.807) is 0 Å². The van der Waals surface area contributed by atoms with Crippen molar-refractivity contribution in [1.82, 2.24) is 27.4 Å². The molecule has 6 nitrogen and oxygen atoms in total. The average molecular weight is 1650 g/mol. The van der Waals surface area contributed by atoms with E-state index >= 15 is 0 Å². The van der Waals surface area contributed by atoms with Crippen molar-refractivity contribution in [3.63, 3.8) is 0 Å². The number of nitrogens with zero attached hydrogens (tertiary/aromatic N) is 6. The van der Waals surface area contributed by atoms with E-state index in [4.69, 9.17) is 0 Å². The van der Waals surface area contributed by atoms with Gasteiger partial charge < -0.3 is 27.4 Å². The first kappa shape index (κ1) is 79.2. The zero-order chi connectivity index (χ0) is 86.6. The number of fused-ring (bicyclic) bond motifs is 18. The summed E-state index contributed by atoms with van der Waals surface area (Å²) in [5, 5.41) is 15.6. The van der Waals surface area contributed by atoms with E-state index in [0.29, 0.717) is 0 Å². The van der Waals surface area contributed by atoms with Crippen LogP contribution in [0.2, 0.25) is 0 Å². The molecular weight excluding hydrogens is 1550 g/mol. The van der Waals surface area contributed by atoms with Gasteiger partial charge in [-0.1, -0.05) is 345 Å². The molecule has 128 heavy (non-hydrogen) atoms. The van der Waals surface area contributed by atoms with Gasteiger partial charge in [-0.15, -0.1) is 0 Å². The van der Waals surface area contributed by atoms with Crippen molar-refractivity contribution in [2.75, 3.05) is 0 Å². The van der Waals surface area contributed by atoms with Crippen molar-refractivity contribution in [2.24, 2.45) is 42.3 Å². The molecular formula is C122H96N6. The Labute approximate surface area is 746 Å². The zero-order valence-corrected chi connectivity index (χ0v) is 73.3.